The van der Waals surface area contributed by atoms with E-state index in [4.69, 9.17) is 0 Å². The van der Waals surface area contributed by atoms with Crippen LogP contribution in [0.5, 0.6) is 0 Å². The van der Waals surface area contributed by atoms with E-state index in [0.29, 0.717) is 0 Å². The van der Waals surface area contributed by atoms with Gasteiger partial charge in [0.05, 0.1) is 11.8 Å². The molecule has 1 heterocycles. The standard InChI is InChI=1S/C14H24N4/c1-5-8-16-14(4,11-15)7-6-9-18-13(3)10-12(2)17-18/h10,16H,5-9H2,1-4H3. The van der Waals surface area contributed by atoms with Crippen LogP contribution >= 0.6 is 0 Å². The predicted molar refractivity (Wildman–Crippen MR) is 73.2 cm³/mol. The number of nitrogens with one attached hydrogen (secondary N) is 1. The molecule has 1 aromatic rings. The first kappa shape index (κ1) is 14.7. The van der Waals surface area contributed by atoms with Gasteiger partial charge in [-0.3, -0.25) is 10.00 Å². The molecule has 4 heteroatoms. The molecule has 1 unspecified atom stereocenters. The third-order valence-corrected chi connectivity index (χ3v) is 3.16. The molecule has 0 amide bonds. The van der Waals surface area contributed by atoms with Crippen LogP contribution in [0, 0.1) is 25.2 Å². The number of aryl methyl sites for hydroxylation is 3. The molecule has 0 aromatic carbocycles. The third kappa shape index (κ3) is 4.15. The van der Waals surface area contributed by atoms with Crippen molar-refractivity contribution in [1.82, 2.24) is 15.1 Å². The zero-order chi connectivity index (χ0) is 13.6. The van der Waals surface area contributed by atoms with E-state index in [9.17, 15) is 5.26 Å². The van der Waals surface area contributed by atoms with Gasteiger partial charge in [0, 0.05) is 12.2 Å². The van der Waals surface area contributed by atoms with Gasteiger partial charge in [-0.15, -0.1) is 0 Å². The highest BCUT2D eigenvalue weighted by Gasteiger charge is 2.21. The van der Waals surface area contributed by atoms with Crippen molar-refractivity contribution < 1.29 is 0 Å². The van der Waals surface area contributed by atoms with Crippen molar-refractivity contribution in [2.45, 2.75) is 59.0 Å². The van der Waals surface area contributed by atoms with Crippen LogP contribution in [0.4, 0.5) is 0 Å². The number of nitriles is 1. The summed E-state index contributed by atoms with van der Waals surface area (Å²) in [5, 5.41) is 17.0. The summed E-state index contributed by atoms with van der Waals surface area (Å²) in [7, 11) is 0. The number of hydrogen-bond acceptors (Lipinski definition) is 3. The molecule has 1 rings (SSSR count). The Morgan fingerprint density at radius 2 is 2.22 bits per heavy atom. The van der Waals surface area contributed by atoms with Crippen molar-refractivity contribution in [3.63, 3.8) is 0 Å². The number of aromatic nitrogens is 2. The summed E-state index contributed by atoms with van der Waals surface area (Å²) in [5.74, 6) is 0. The highest BCUT2D eigenvalue weighted by atomic mass is 15.3. The molecule has 0 bridgehead atoms. The number of hydrogen-bond donors (Lipinski definition) is 1. The van der Waals surface area contributed by atoms with Gasteiger partial charge in [0.2, 0.25) is 0 Å². The van der Waals surface area contributed by atoms with Crippen molar-refractivity contribution in [2.24, 2.45) is 0 Å². The Kier molecular flexibility index (Phi) is 5.36. The highest BCUT2D eigenvalue weighted by molar-refractivity contribution is 5.07. The Morgan fingerprint density at radius 3 is 2.72 bits per heavy atom. The lowest BCUT2D eigenvalue weighted by molar-refractivity contribution is 0.388. The van der Waals surface area contributed by atoms with Crippen LogP contribution in [0.3, 0.4) is 0 Å². The average molecular weight is 248 g/mol. The molecule has 0 aliphatic rings. The van der Waals surface area contributed by atoms with Crippen LogP contribution in [0.15, 0.2) is 6.07 Å². The maximum atomic E-state index is 9.23. The van der Waals surface area contributed by atoms with Gasteiger partial charge in [-0.25, -0.2) is 0 Å². The summed E-state index contributed by atoms with van der Waals surface area (Å²) >= 11 is 0. The summed E-state index contributed by atoms with van der Waals surface area (Å²) in [6.07, 6.45) is 2.86. The van der Waals surface area contributed by atoms with Crippen LogP contribution in [0.1, 0.15) is 44.5 Å². The molecule has 1 aromatic heterocycles. The number of nitrogens with zero attached hydrogens (tertiary/aromatic N) is 3. The van der Waals surface area contributed by atoms with E-state index in [1.54, 1.807) is 0 Å². The van der Waals surface area contributed by atoms with Gasteiger partial charge < -0.3 is 0 Å². The lowest BCUT2D eigenvalue weighted by Crippen LogP contribution is -2.41. The fourth-order valence-electron chi connectivity index (χ4n) is 2.07. The van der Waals surface area contributed by atoms with E-state index >= 15 is 0 Å². The average Bonchev–Trinajstić information content (AvgIpc) is 2.65. The zero-order valence-corrected chi connectivity index (χ0v) is 12.0. The molecule has 100 valence electrons. The van der Waals surface area contributed by atoms with E-state index in [0.717, 1.165) is 38.0 Å². The molecular formula is C14H24N4. The summed E-state index contributed by atoms with van der Waals surface area (Å²) < 4.78 is 2.02. The lowest BCUT2D eigenvalue weighted by Gasteiger charge is -2.23. The second-order valence-electron chi connectivity index (χ2n) is 5.12. The Morgan fingerprint density at radius 1 is 1.50 bits per heavy atom. The monoisotopic (exact) mass is 248 g/mol. The normalized spacial score (nSPS) is 14.2. The molecule has 1 N–H and O–H groups in total. The largest absolute Gasteiger partial charge is 0.300 e. The Labute approximate surface area is 110 Å². The fourth-order valence-corrected chi connectivity index (χ4v) is 2.07. The molecule has 0 aliphatic carbocycles. The second kappa shape index (κ2) is 6.55. The Bertz CT molecular complexity index is 416. The van der Waals surface area contributed by atoms with Crippen LogP contribution in [0.25, 0.3) is 0 Å². The van der Waals surface area contributed by atoms with Gasteiger partial charge in [0.15, 0.2) is 0 Å². The van der Waals surface area contributed by atoms with E-state index in [2.05, 4.69) is 36.4 Å². The maximum absolute atomic E-state index is 9.23. The van der Waals surface area contributed by atoms with Gasteiger partial charge in [0.1, 0.15) is 5.54 Å². The first-order chi connectivity index (χ1) is 8.50. The van der Waals surface area contributed by atoms with Gasteiger partial charge in [-0.05, 0) is 52.6 Å². The summed E-state index contributed by atoms with van der Waals surface area (Å²) in [6.45, 7) is 9.93. The second-order valence-corrected chi connectivity index (χ2v) is 5.12. The topological polar surface area (TPSA) is 53.6 Å². The van der Waals surface area contributed by atoms with Crippen molar-refractivity contribution >= 4 is 0 Å². The van der Waals surface area contributed by atoms with Crippen molar-refractivity contribution in [3.05, 3.63) is 17.5 Å². The minimum Gasteiger partial charge on any atom is -0.300 e. The smallest absolute Gasteiger partial charge is 0.103 e. The molecular weight excluding hydrogens is 224 g/mol. The van der Waals surface area contributed by atoms with Gasteiger partial charge in [-0.2, -0.15) is 10.4 Å². The molecule has 0 radical (unpaired) electrons. The number of rotatable bonds is 7. The van der Waals surface area contributed by atoms with Crippen molar-refractivity contribution in [2.75, 3.05) is 6.54 Å². The van der Waals surface area contributed by atoms with Crippen molar-refractivity contribution in [1.29, 1.82) is 5.26 Å². The minimum absolute atomic E-state index is 0.411. The fraction of sp³-hybridized carbons (Fsp3) is 0.714. The van der Waals surface area contributed by atoms with Crippen molar-refractivity contribution in [3.8, 4) is 6.07 Å². The zero-order valence-electron chi connectivity index (χ0n) is 12.0. The van der Waals surface area contributed by atoms with Crippen LogP contribution in [-0.2, 0) is 6.54 Å². The van der Waals surface area contributed by atoms with Gasteiger partial charge >= 0.3 is 0 Å². The van der Waals surface area contributed by atoms with E-state index in [1.165, 1.54) is 5.69 Å². The first-order valence-corrected chi connectivity index (χ1v) is 6.68. The van der Waals surface area contributed by atoms with Crippen LogP contribution < -0.4 is 5.32 Å². The molecule has 1 atom stereocenters. The molecule has 18 heavy (non-hydrogen) atoms. The summed E-state index contributed by atoms with van der Waals surface area (Å²) in [4.78, 5) is 0. The summed E-state index contributed by atoms with van der Waals surface area (Å²) in [6, 6.07) is 4.46. The molecule has 0 saturated carbocycles. The molecule has 0 saturated heterocycles. The Hall–Kier alpha value is -1.34. The predicted octanol–water partition coefficient (Wildman–Crippen LogP) is 2.56. The minimum atomic E-state index is -0.411. The van der Waals surface area contributed by atoms with E-state index in [1.807, 2.05) is 18.5 Å². The van der Waals surface area contributed by atoms with E-state index < -0.39 is 5.54 Å². The van der Waals surface area contributed by atoms with Crippen LogP contribution in [-0.4, -0.2) is 21.9 Å². The molecule has 0 fully saturated rings. The van der Waals surface area contributed by atoms with Gasteiger partial charge in [-0.1, -0.05) is 6.92 Å². The van der Waals surface area contributed by atoms with Gasteiger partial charge in [0.25, 0.3) is 0 Å². The van der Waals surface area contributed by atoms with E-state index in [-0.39, 0.29) is 0 Å². The SMILES string of the molecule is CCCNC(C)(C#N)CCCn1nc(C)cc1C. The molecule has 0 aliphatic heterocycles. The quantitative estimate of drug-likeness (QED) is 0.807. The Balaban J connectivity index is 2.45. The van der Waals surface area contributed by atoms with Crippen LogP contribution in [0.2, 0.25) is 0 Å². The third-order valence-electron chi connectivity index (χ3n) is 3.16. The molecule has 0 spiro atoms. The summed E-state index contributed by atoms with van der Waals surface area (Å²) in [5.41, 5.74) is 1.83. The molecule has 4 nitrogen and oxygen atoms in total. The highest BCUT2D eigenvalue weighted by Crippen LogP contribution is 2.13. The first-order valence-electron chi connectivity index (χ1n) is 6.68. The maximum Gasteiger partial charge on any atom is 0.103 e. The lowest BCUT2D eigenvalue weighted by atomic mass is 9.97.